The zero-order valence-electron chi connectivity index (χ0n) is 15.3. The molecule has 0 spiro atoms. The van der Waals surface area contributed by atoms with Crippen LogP contribution in [0.4, 0.5) is 10.1 Å². The van der Waals surface area contributed by atoms with Gasteiger partial charge in [-0.05, 0) is 32.0 Å². The molecular formula is C17H19ClFN3O5S. The lowest BCUT2D eigenvalue weighted by Gasteiger charge is -2.27. The minimum atomic E-state index is -4.04. The zero-order chi connectivity index (χ0) is 20.9. The largest absolute Gasteiger partial charge is 0.488 e. The van der Waals surface area contributed by atoms with Gasteiger partial charge in [0.2, 0.25) is 10.0 Å². The van der Waals surface area contributed by atoms with Crippen LogP contribution in [0.15, 0.2) is 29.3 Å². The van der Waals surface area contributed by atoms with E-state index in [4.69, 9.17) is 16.3 Å². The molecule has 0 fully saturated rings. The maximum absolute atomic E-state index is 13.3. The van der Waals surface area contributed by atoms with Crippen LogP contribution in [0.5, 0.6) is 5.75 Å². The molecule has 3 rings (SSSR count). The number of aryl methyl sites for hydroxylation is 1. The van der Waals surface area contributed by atoms with E-state index in [1.807, 2.05) is 0 Å². The molecule has 1 aliphatic rings. The van der Waals surface area contributed by atoms with E-state index in [0.29, 0.717) is 0 Å². The van der Waals surface area contributed by atoms with Gasteiger partial charge in [0, 0.05) is 18.9 Å². The standard InChI is InChI=1S/C17H19ClFN3O5S/c1-17(2,24)13-8-27-15-12(28(25,26)21-13)7-22(3)14(15)16(23)20-9-4-5-11(19)10(18)6-9/h4-7,13,21,24H,8H2,1-3H3,(H,20,23)/t13-/m1/s1. The van der Waals surface area contributed by atoms with Gasteiger partial charge in [0.15, 0.2) is 11.4 Å². The van der Waals surface area contributed by atoms with Crippen molar-refractivity contribution in [3.63, 3.8) is 0 Å². The fourth-order valence-corrected chi connectivity index (χ4v) is 4.47. The summed E-state index contributed by atoms with van der Waals surface area (Å²) in [6.07, 6.45) is 1.25. The highest BCUT2D eigenvalue weighted by Crippen LogP contribution is 2.34. The first-order valence-corrected chi connectivity index (χ1v) is 10.1. The van der Waals surface area contributed by atoms with Gasteiger partial charge in [-0.2, -0.15) is 0 Å². The van der Waals surface area contributed by atoms with E-state index < -0.39 is 33.4 Å². The van der Waals surface area contributed by atoms with Crippen molar-refractivity contribution in [2.24, 2.45) is 7.05 Å². The quantitative estimate of drug-likeness (QED) is 0.687. The summed E-state index contributed by atoms with van der Waals surface area (Å²) < 4.78 is 48.0. The molecule has 3 N–H and O–H groups in total. The molecule has 1 amide bonds. The van der Waals surface area contributed by atoms with Crippen molar-refractivity contribution in [3.8, 4) is 5.75 Å². The molecule has 152 valence electrons. The molecule has 2 heterocycles. The van der Waals surface area contributed by atoms with Crippen LogP contribution in [0.3, 0.4) is 0 Å². The van der Waals surface area contributed by atoms with Crippen molar-refractivity contribution in [1.82, 2.24) is 9.29 Å². The van der Waals surface area contributed by atoms with Crippen molar-refractivity contribution in [2.45, 2.75) is 30.4 Å². The summed E-state index contributed by atoms with van der Waals surface area (Å²) in [5.41, 5.74) is -1.20. The lowest BCUT2D eigenvalue weighted by molar-refractivity contribution is 0.0288. The summed E-state index contributed by atoms with van der Waals surface area (Å²) in [5.74, 6) is -1.43. The topological polar surface area (TPSA) is 110 Å². The molecular weight excluding hydrogens is 413 g/mol. The lowest BCUT2D eigenvalue weighted by atomic mass is 10.0. The number of aliphatic hydroxyl groups is 1. The Labute approximate surface area is 166 Å². The minimum absolute atomic E-state index is 0.0442. The van der Waals surface area contributed by atoms with E-state index >= 15 is 0 Å². The number of nitrogens with zero attached hydrogens (tertiary/aromatic N) is 1. The molecule has 1 aromatic heterocycles. The van der Waals surface area contributed by atoms with Gasteiger partial charge in [0.25, 0.3) is 5.91 Å². The second-order valence-electron chi connectivity index (χ2n) is 7.00. The third kappa shape index (κ3) is 3.86. The average molecular weight is 432 g/mol. The van der Waals surface area contributed by atoms with E-state index in [1.54, 1.807) is 0 Å². The van der Waals surface area contributed by atoms with Crippen LogP contribution in [0.2, 0.25) is 5.02 Å². The average Bonchev–Trinajstić information content (AvgIpc) is 2.84. The smallest absolute Gasteiger partial charge is 0.276 e. The van der Waals surface area contributed by atoms with Crippen LogP contribution < -0.4 is 14.8 Å². The van der Waals surface area contributed by atoms with Gasteiger partial charge in [0.05, 0.1) is 16.7 Å². The maximum Gasteiger partial charge on any atom is 0.276 e. The molecule has 28 heavy (non-hydrogen) atoms. The monoisotopic (exact) mass is 431 g/mol. The zero-order valence-corrected chi connectivity index (χ0v) is 16.9. The molecule has 1 aliphatic heterocycles. The fraction of sp³-hybridized carbons (Fsp3) is 0.353. The number of nitrogens with one attached hydrogen (secondary N) is 2. The van der Waals surface area contributed by atoms with Crippen molar-refractivity contribution >= 4 is 33.2 Å². The van der Waals surface area contributed by atoms with Gasteiger partial charge >= 0.3 is 0 Å². The van der Waals surface area contributed by atoms with E-state index in [2.05, 4.69) is 10.0 Å². The highest BCUT2D eigenvalue weighted by atomic mass is 35.5. The van der Waals surface area contributed by atoms with Gasteiger partial charge in [-0.15, -0.1) is 0 Å². The number of amides is 1. The van der Waals surface area contributed by atoms with Gasteiger partial charge in [-0.3, -0.25) is 4.79 Å². The number of benzene rings is 1. The number of sulfonamides is 1. The first-order chi connectivity index (χ1) is 12.9. The SMILES string of the molecule is Cn1cc2c(c1C(=O)Nc1ccc(F)c(Cl)c1)OC[C@H](C(C)(C)O)NS2(=O)=O. The third-order valence-electron chi connectivity index (χ3n) is 4.33. The van der Waals surface area contributed by atoms with E-state index in [1.165, 1.54) is 43.8 Å². The summed E-state index contributed by atoms with van der Waals surface area (Å²) in [6, 6.07) is 2.74. The third-order valence-corrected chi connectivity index (χ3v) is 6.08. The Hall–Kier alpha value is -2.14. The molecule has 0 saturated carbocycles. The molecule has 11 heteroatoms. The fourth-order valence-electron chi connectivity index (χ4n) is 2.73. The number of anilines is 1. The number of fused-ring (bicyclic) bond motifs is 1. The Morgan fingerprint density at radius 3 is 2.75 bits per heavy atom. The number of rotatable bonds is 3. The Morgan fingerprint density at radius 2 is 2.14 bits per heavy atom. The van der Waals surface area contributed by atoms with Crippen molar-refractivity contribution < 1.29 is 27.4 Å². The molecule has 1 atom stereocenters. The highest BCUT2D eigenvalue weighted by Gasteiger charge is 2.39. The van der Waals surface area contributed by atoms with Crippen LogP contribution in [-0.2, 0) is 17.1 Å². The number of carbonyl (C=O) groups excluding carboxylic acids is 1. The molecule has 0 unspecified atom stereocenters. The maximum atomic E-state index is 13.3. The molecule has 0 aliphatic carbocycles. The number of halogens is 2. The number of hydrogen-bond acceptors (Lipinski definition) is 5. The molecule has 0 radical (unpaired) electrons. The molecule has 0 bridgehead atoms. The van der Waals surface area contributed by atoms with Crippen LogP contribution in [0, 0.1) is 5.82 Å². The van der Waals surface area contributed by atoms with Gasteiger partial charge in [0.1, 0.15) is 17.3 Å². The first kappa shape index (κ1) is 20.6. The lowest BCUT2D eigenvalue weighted by Crippen LogP contribution is -2.51. The second-order valence-corrected chi connectivity index (χ2v) is 9.09. The number of aromatic nitrogens is 1. The van der Waals surface area contributed by atoms with Crippen molar-refractivity contribution in [3.05, 3.63) is 40.9 Å². The Kier molecular flexibility index (Phi) is 5.17. The van der Waals surface area contributed by atoms with Gasteiger partial charge < -0.3 is 19.7 Å². The summed E-state index contributed by atoms with van der Waals surface area (Å²) in [5, 5.41) is 12.5. The van der Waals surface area contributed by atoms with Gasteiger partial charge in [-0.1, -0.05) is 11.6 Å². The summed E-state index contributed by atoms with van der Waals surface area (Å²) in [7, 11) is -2.54. The highest BCUT2D eigenvalue weighted by molar-refractivity contribution is 7.89. The summed E-state index contributed by atoms with van der Waals surface area (Å²) in [6.45, 7) is 2.72. The summed E-state index contributed by atoms with van der Waals surface area (Å²) >= 11 is 5.72. The van der Waals surface area contributed by atoms with E-state index in [-0.39, 0.29) is 33.7 Å². The molecule has 8 nitrogen and oxygen atoms in total. The van der Waals surface area contributed by atoms with Crippen LogP contribution in [-0.4, -0.2) is 42.2 Å². The van der Waals surface area contributed by atoms with Crippen LogP contribution in [0.1, 0.15) is 24.3 Å². The molecule has 1 aromatic carbocycles. The van der Waals surface area contributed by atoms with E-state index in [0.717, 1.165) is 6.07 Å². The number of carbonyl (C=O) groups is 1. The van der Waals surface area contributed by atoms with Crippen LogP contribution in [0.25, 0.3) is 0 Å². The summed E-state index contributed by atoms with van der Waals surface area (Å²) in [4.78, 5) is 12.5. The molecule has 0 saturated heterocycles. The molecule has 2 aromatic rings. The van der Waals surface area contributed by atoms with Crippen molar-refractivity contribution in [2.75, 3.05) is 11.9 Å². The number of ether oxygens (including phenoxy) is 1. The second kappa shape index (κ2) is 7.03. The first-order valence-electron chi connectivity index (χ1n) is 8.23. The number of hydrogen-bond donors (Lipinski definition) is 3. The Balaban J connectivity index is 1.98. The Bertz CT molecular complexity index is 1050. The minimum Gasteiger partial charge on any atom is -0.488 e. The van der Waals surface area contributed by atoms with Crippen LogP contribution >= 0.6 is 11.6 Å². The Morgan fingerprint density at radius 1 is 1.46 bits per heavy atom. The van der Waals surface area contributed by atoms with Gasteiger partial charge in [-0.25, -0.2) is 17.5 Å². The normalized spacial score (nSPS) is 18.7. The predicted octanol–water partition coefficient (Wildman–Crippen LogP) is 1.88. The van der Waals surface area contributed by atoms with E-state index in [9.17, 15) is 22.7 Å². The predicted molar refractivity (Wildman–Crippen MR) is 101 cm³/mol. The van der Waals surface area contributed by atoms with Crippen molar-refractivity contribution in [1.29, 1.82) is 0 Å².